The zero-order chi connectivity index (χ0) is 20.7. The number of nitro groups is 1. The first-order valence-corrected chi connectivity index (χ1v) is 7.65. The normalized spacial score (nSPS) is 10.3. The number of methoxy groups -OCH3 is 1. The van der Waals surface area contributed by atoms with E-state index in [2.05, 4.69) is 10.1 Å². The number of anilines is 1. The van der Waals surface area contributed by atoms with Gasteiger partial charge >= 0.3 is 18.3 Å². The predicted octanol–water partition coefficient (Wildman–Crippen LogP) is 3.00. The number of amides is 1. The molecule has 148 valence electrons. The number of nitro benzene ring substituents is 1. The molecular formula is C17H14F2N2O7. The van der Waals surface area contributed by atoms with Crippen molar-refractivity contribution in [1.82, 2.24) is 0 Å². The lowest BCUT2D eigenvalue weighted by atomic mass is 10.2. The van der Waals surface area contributed by atoms with Crippen molar-refractivity contribution in [3.63, 3.8) is 0 Å². The highest BCUT2D eigenvalue weighted by Crippen LogP contribution is 2.28. The van der Waals surface area contributed by atoms with Crippen LogP contribution in [0.1, 0.15) is 10.4 Å². The monoisotopic (exact) mass is 396 g/mol. The summed E-state index contributed by atoms with van der Waals surface area (Å²) in [6.45, 7) is -3.83. The average Bonchev–Trinajstić information content (AvgIpc) is 2.66. The van der Waals surface area contributed by atoms with Gasteiger partial charge in [-0.15, -0.1) is 0 Å². The Balaban J connectivity index is 2.01. The summed E-state index contributed by atoms with van der Waals surface area (Å²) in [7, 11) is 1.24. The van der Waals surface area contributed by atoms with Gasteiger partial charge in [0.05, 0.1) is 23.3 Å². The Hall–Kier alpha value is -3.76. The quantitative estimate of drug-likeness (QED) is 0.414. The first-order chi connectivity index (χ1) is 13.3. The summed E-state index contributed by atoms with van der Waals surface area (Å²) in [5.74, 6) is -2.11. The molecule has 28 heavy (non-hydrogen) atoms. The van der Waals surface area contributed by atoms with Crippen LogP contribution < -0.4 is 14.8 Å². The molecule has 0 unspecified atom stereocenters. The lowest BCUT2D eigenvalue weighted by molar-refractivity contribution is -0.385. The molecule has 2 aromatic rings. The number of nitrogens with one attached hydrogen (secondary N) is 1. The molecule has 2 aromatic carbocycles. The summed E-state index contributed by atoms with van der Waals surface area (Å²) in [4.78, 5) is 34.1. The molecule has 0 aliphatic rings. The Morgan fingerprint density at radius 3 is 2.54 bits per heavy atom. The van der Waals surface area contributed by atoms with Crippen molar-refractivity contribution in [1.29, 1.82) is 0 Å². The third kappa shape index (κ3) is 5.37. The van der Waals surface area contributed by atoms with Gasteiger partial charge in [-0.2, -0.15) is 8.78 Å². The summed E-state index contributed by atoms with van der Waals surface area (Å²) >= 11 is 0. The number of esters is 1. The minimum absolute atomic E-state index is 0.0380. The molecule has 1 N–H and O–H groups in total. The third-order valence-electron chi connectivity index (χ3n) is 3.32. The van der Waals surface area contributed by atoms with Crippen LogP contribution in [0.3, 0.4) is 0 Å². The number of ether oxygens (including phenoxy) is 3. The van der Waals surface area contributed by atoms with Gasteiger partial charge in [0.25, 0.3) is 5.91 Å². The summed E-state index contributed by atoms with van der Waals surface area (Å²) in [5, 5.41) is 13.2. The SMILES string of the molecule is COc1ccc(C(=O)OCC(=O)Nc2ccccc2OC(F)F)cc1[N+](=O)[O-]. The number of hydrogen-bond donors (Lipinski definition) is 1. The number of carbonyl (C=O) groups excluding carboxylic acids is 2. The Morgan fingerprint density at radius 2 is 1.89 bits per heavy atom. The zero-order valence-electron chi connectivity index (χ0n) is 14.4. The van der Waals surface area contributed by atoms with Crippen molar-refractivity contribution in [3.8, 4) is 11.5 Å². The number of hydrogen-bond acceptors (Lipinski definition) is 7. The van der Waals surface area contributed by atoms with E-state index in [-0.39, 0.29) is 22.7 Å². The maximum atomic E-state index is 12.4. The van der Waals surface area contributed by atoms with Crippen molar-refractivity contribution in [2.75, 3.05) is 19.0 Å². The van der Waals surface area contributed by atoms with Crippen molar-refractivity contribution in [2.24, 2.45) is 0 Å². The second-order valence-electron chi connectivity index (χ2n) is 5.14. The molecule has 0 atom stereocenters. The second kappa shape index (κ2) is 9.26. The van der Waals surface area contributed by atoms with E-state index in [1.54, 1.807) is 0 Å². The van der Waals surface area contributed by atoms with Crippen LogP contribution in [0.15, 0.2) is 42.5 Å². The van der Waals surface area contributed by atoms with Crippen LogP contribution in [-0.4, -0.2) is 37.1 Å². The van der Waals surface area contributed by atoms with E-state index in [1.165, 1.54) is 43.5 Å². The Kier molecular flexibility index (Phi) is 6.79. The summed E-state index contributed by atoms with van der Waals surface area (Å²) in [6, 6.07) is 8.87. The molecule has 0 bridgehead atoms. The number of carbonyl (C=O) groups is 2. The van der Waals surface area contributed by atoms with Gasteiger partial charge in [-0.25, -0.2) is 4.79 Å². The molecule has 0 spiro atoms. The molecular weight excluding hydrogens is 382 g/mol. The van der Waals surface area contributed by atoms with E-state index in [0.29, 0.717) is 0 Å². The number of alkyl halides is 2. The molecule has 1 amide bonds. The fraction of sp³-hybridized carbons (Fsp3) is 0.176. The Morgan fingerprint density at radius 1 is 1.18 bits per heavy atom. The largest absolute Gasteiger partial charge is 0.490 e. The van der Waals surface area contributed by atoms with Crippen LogP contribution in [0, 0.1) is 10.1 Å². The van der Waals surface area contributed by atoms with E-state index >= 15 is 0 Å². The fourth-order valence-electron chi connectivity index (χ4n) is 2.13. The van der Waals surface area contributed by atoms with Gasteiger partial charge in [0.15, 0.2) is 12.4 Å². The van der Waals surface area contributed by atoms with Crippen LogP contribution in [0.4, 0.5) is 20.2 Å². The molecule has 11 heteroatoms. The molecule has 9 nitrogen and oxygen atoms in total. The van der Waals surface area contributed by atoms with Crippen molar-refractivity contribution in [2.45, 2.75) is 6.61 Å². The van der Waals surface area contributed by atoms with Gasteiger partial charge in [-0.3, -0.25) is 14.9 Å². The Labute approximate surface area is 157 Å². The minimum atomic E-state index is -3.08. The number of halogens is 2. The Bertz CT molecular complexity index is 890. The predicted molar refractivity (Wildman–Crippen MR) is 91.6 cm³/mol. The van der Waals surface area contributed by atoms with Crippen molar-refractivity contribution < 1.29 is 37.5 Å². The number of nitrogens with zero attached hydrogens (tertiary/aromatic N) is 1. The van der Waals surface area contributed by atoms with Gasteiger partial charge in [0.1, 0.15) is 5.75 Å². The molecule has 0 fully saturated rings. The molecule has 2 rings (SSSR count). The van der Waals surface area contributed by atoms with Crippen LogP contribution in [0.25, 0.3) is 0 Å². The number of rotatable bonds is 8. The van der Waals surface area contributed by atoms with Crippen LogP contribution in [0.2, 0.25) is 0 Å². The van der Waals surface area contributed by atoms with Gasteiger partial charge in [0, 0.05) is 6.07 Å². The van der Waals surface area contributed by atoms with Gasteiger partial charge in [-0.1, -0.05) is 12.1 Å². The summed E-state index contributed by atoms with van der Waals surface area (Å²) in [5.41, 5.74) is -0.648. The first-order valence-electron chi connectivity index (χ1n) is 7.65. The van der Waals surface area contributed by atoms with E-state index in [0.717, 1.165) is 6.07 Å². The molecule has 0 aliphatic carbocycles. The molecule has 0 aromatic heterocycles. The van der Waals surface area contributed by atoms with Crippen LogP contribution in [-0.2, 0) is 9.53 Å². The van der Waals surface area contributed by atoms with E-state index in [4.69, 9.17) is 9.47 Å². The van der Waals surface area contributed by atoms with Crippen molar-refractivity contribution >= 4 is 23.3 Å². The maximum absolute atomic E-state index is 12.4. The molecule has 0 radical (unpaired) electrons. The van der Waals surface area contributed by atoms with Crippen molar-refractivity contribution in [3.05, 3.63) is 58.1 Å². The minimum Gasteiger partial charge on any atom is -0.490 e. The van der Waals surface area contributed by atoms with E-state index in [1.807, 2.05) is 0 Å². The van der Waals surface area contributed by atoms with Gasteiger partial charge < -0.3 is 19.5 Å². The smallest absolute Gasteiger partial charge is 0.387 e. The number of benzene rings is 2. The lowest BCUT2D eigenvalue weighted by Crippen LogP contribution is -2.21. The fourth-order valence-corrected chi connectivity index (χ4v) is 2.13. The number of para-hydroxylation sites is 2. The summed E-state index contributed by atoms with van der Waals surface area (Å²) in [6.07, 6.45) is 0. The molecule has 0 heterocycles. The second-order valence-corrected chi connectivity index (χ2v) is 5.14. The summed E-state index contributed by atoms with van der Waals surface area (Å²) < 4.78 is 38.6. The van der Waals surface area contributed by atoms with Crippen LogP contribution in [0.5, 0.6) is 11.5 Å². The standard InChI is InChI=1S/C17H14F2N2O7/c1-26-14-7-6-10(8-12(14)21(24)25)16(23)27-9-15(22)20-11-4-2-3-5-13(11)28-17(18)19/h2-8,17H,9H2,1H3,(H,20,22). The zero-order valence-corrected chi connectivity index (χ0v) is 14.4. The average molecular weight is 396 g/mol. The molecule has 0 saturated carbocycles. The maximum Gasteiger partial charge on any atom is 0.387 e. The van der Waals surface area contributed by atoms with E-state index in [9.17, 15) is 28.5 Å². The molecule has 0 aliphatic heterocycles. The molecule has 0 saturated heterocycles. The van der Waals surface area contributed by atoms with Gasteiger partial charge in [-0.05, 0) is 24.3 Å². The highest BCUT2D eigenvalue weighted by atomic mass is 19.3. The topological polar surface area (TPSA) is 117 Å². The lowest BCUT2D eigenvalue weighted by Gasteiger charge is -2.11. The highest BCUT2D eigenvalue weighted by molar-refractivity contribution is 5.96. The first kappa shape index (κ1) is 20.6. The van der Waals surface area contributed by atoms with Crippen LogP contribution >= 0.6 is 0 Å². The highest BCUT2D eigenvalue weighted by Gasteiger charge is 2.20. The van der Waals surface area contributed by atoms with E-state index < -0.39 is 35.7 Å². The third-order valence-corrected chi connectivity index (χ3v) is 3.32. The van der Waals surface area contributed by atoms with Gasteiger partial charge in [0.2, 0.25) is 0 Å².